The molecule has 1 aromatic carbocycles. The molecule has 0 atom stereocenters. The van der Waals surface area contributed by atoms with Gasteiger partial charge in [0.25, 0.3) is 5.91 Å². The van der Waals surface area contributed by atoms with Crippen molar-refractivity contribution in [3.63, 3.8) is 0 Å². The van der Waals surface area contributed by atoms with Gasteiger partial charge in [0, 0.05) is 11.8 Å². The summed E-state index contributed by atoms with van der Waals surface area (Å²) in [6.07, 6.45) is 1.70. The molecule has 3 aromatic heterocycles. The highest BCUT2D eigenvalue weighted by Gasteiger charge is 2.12. The minimum Gasteiger partial charge on any atom is -0.444 e. The van der Waals surface area contributed by atoms with E-state index < -0.39 is 0 Å². The minimum atomic E-state index is -0.346. The van der Waals surface area contributed by atoms with Gasteiger partial charge in [-0.1, -0.05) is 12.1 Å². The normalized spacial score (nSPS) is 10.9. The maximum atomic E-state index is 12.0. The summed E-state index contributed by atoms with van der Waals surface area (Å²) in [4.78, 5) is 20.9. The lowest BCUT2D eigenvalue weighted by Crippen LogP contribution is -2.11. The molecule has 0 unspecified atom stereocenters. The number of pyridine rings is 1. The highest BCUT2D eigenvalue weighted by molar-refractivity contribution is 9.10. The lowest BCUT2D eigenvalue weighted by atomic mass is 10.3. The topological polar surface area (TPSA) is 68.0 Å². The van der Waals surface area contributed by atoms with Crippen molar-refractivity contribution < 1.29 is 9.21 Å². The van der Waals surface area contributed by atoms with Gasteiger partial charge in [-0.05, 0) is 52.3 Å². The zero-order valence-corrected chi connectivity index (χ0v) is 14.6. The molecule has 0 fully saturated rings. The molecule has 0 radical (unpaired) electrons. The van der Waals surface area contributed by atoms with Crippen molar-refractivity contribution in [2.45, 2.75) is 0 Å². The second-order valence-corrected chi connectivity index (χ2v) is 6.79. The second kappa shape index (κ2) is 6.18. The fourth-order valence-corrected chi connectivity index (χ4v) is 3.47. The van der Waals surface area contributed by atoms with E-state index in [-0.39, 0.29) is 11.7 Å². The van der Waals surface area contributed by atoms with Crippen molar-refractivity contribution in [3.05, 3.63) is 65.2 Å². The number of nitrogens with zero attached hydrogens (tertiary/aromatic N) is 2. The average Bonchev–Trinajstić information content (AvgIpc) is 3.21. The number of anilines is 1. The molecule has 0 aliphatic carbocycles. The SMILES string of the molecule is O=C(Nc1ccc(-c2nc3ccccc3s2)cn1)c1ccc(Br)o1. The van der Waals surface area contributed by atoms with Crippen LogP contribution in [0.25, 0.3) is 20.8 Å². The predicted molar refractivity (Wildman–Crippen MR) is 97.2 cm³/mol. The Morgan fingerprint density at radius 2 is 2.00 bits per heavy atom. The number of rotatable bonds is 3. The van der Waals surface area contributed by atoms with Crippen molar-refractivity contribution in [1.29, 1.82) is 0 Å². The average molecular weight is 400 g/mol. The van der Waals surface area contributed by atoms with Crippen LogP contribution >= 0.6 is 27.3 Å². The van der Waals surface area contributed by atoms with Crippen LogP contribution < -0.4 is 5.32 Å². The summed E-state index contributed by atoms with van der Waals surface area (Å²) in [7, 11) is 0. The number of amides is 1. The summed E-state index contributed by atoms with van der Waals surface area (Å²) in [6, 6.07) is 14.9. The quantitative estimate of drug-likeness (QED) is 0.528. The van der Waals surface area contributed by atoms with Gasteiger partial charge >= 0.3 is 0 Å². The van der Waals surface area contributed by atoms with Gasteiger partial charge in [0.05, 0.1) is 10.2 Å². The van der Waals surface area contributed by atoms with Gasteiger partial charge in [0.15, 0.2) is 10.4 Å². The summed E-state index contributed by atoms with van der Waals surface area (Å²) >= 11 is 4.78. The first-order valence-electron chi connectivity index (χ1n) is 7.08. The number of aromatic nitrogens is 2. The summed E-state index contributed by atoms with van der Waals surface area (Å²) in [5.74, 6) is 0.331. The molecule has 0 aliphatic heterocycles. The zero-order valence-electron chi connectivity index (χ0n) is 12.2. The molecule has 4 rings (SSSR count). The van der Waals surface area contributed by atoms with Gasteiger partial charge in [-0.3, -0.25) is 4.79 Å². The Morgan fingerprint density at radius 3 is 2.71 bits per heavy atom. The molecule has 118 valence electrons. The Balaban J connectivity index is 1.55. The minimum absolute atomic E-state index is 0.221. The zero-order chi connectivity index (χ0) is 16.5. The van der Waals surface area contributed by atoms with E-state index in [0.29, 0.717) is 10.5 Å². The molecule has 0 saturated carbocycles. The van der Waals surface area contributed by atoms with Gasteiger partial charge in [-0.25, -0.2) is 9.97 Å². The molecule has 1 amide bonds. The number of furan rings is 1. The van der Waals surface area contributed by atoms with Crippen LogP contribution in [0, 0.1) is 0 Å². The van der Waals surface area contributed by atoms with Crippen LogP contribution in [0.4, 0.5) is 5.82 Å². The third kappa shape index (κ3) is 2.95. The molecule has 3 heterocycles. The number of benzene rings is 1. The number of thiazole rings is 1. The number of carbonyl (C=O) groups is 1. The third-order valence-electron chi connectivity index (χ3n) is 3.34. The number of hydrogen-bond donors (Lipinski definition) is 1. The molecular weight excluding hydrogens is 390 g/mol. The van der Waals surface area contributed by atoms with E-state index >= 15 is 0 Å². The van der Waals surface area contributed by atoms with E-state index in [2.05, 4.69) is 31.2 Å². The van der Waals surface area contributed by atoms with Gasteiger partial charge < -0.3 is 9.73 Å². The molecule has 7 heteroatoms. The fraction of sp³-hybridized carbons (Fsp3) is 0. The number of hydrogen-bond acceptors (Lipinski definition) is 5. The van der Waals surface area contributed by atoms with Gasteiger partial charge in [-0.15, -0.1) is 11.3 Å². The van der Waals surface area contributed by atoms with Crippen LogP contribution in [-0.4, -0.2) is 15.9 Å². The first-order valence-corrected chi connectivity index (χ1v) is 8.69. The Hall–Kier alpha value is -2.51. The highest BCUT2D eigenvalue weighted by Crippen LogP contribution is 2.29. The van der Waals surface area contributed by atoms with Gasteiger partial charge in [-0.2, -0.15) is 0 Å². The number of para-hydroxylation sites is 1. The van der Waals surface area contributed by atoms with E-state index in [1.54, 1.807) is 35.7 Å². The van der Waals surface area contributed by atoms with E-state index in [0.717, 1.165) is 20.8 Å². The van der Waals surface area contributed by atoms with Crippen molar-refractivity contribution in [2.75, 3.05) is 5.32 Å². The smallest absolute Gasteiger partial charge is 0.292 e. The van der Waals surface area contributed by atoms with Crippen molar-refractivity contribution in [2.24, 2.45) is 0 Å². The van der Waals surface area contributed by atoms with Crippen LogP contribution in [0.2, 0.25) is 0 Å². The van der Waals surface area contributed by atoms with Crippen LogP contribution in [0.1, 0.15) is 10.6 Å². The molecule has 1 N–H and O–H groups in total. The van der Waals surface area contributed by atoms with Gasteiger partial charge in [0.1, 0.15) is 10.8 Å². The monoisotopic (exact) mass is 399 g/mol. The van der Waals surface area contributed by atoms with Crippen LogP contribution in [-0.2, 0) is 0 Å². The maximum absolute atomic E-state index is 12.0. The first-order chi connectivity index (χ1) is 11.7. The Labute approximate surface area is 149 Å². The van der Waals surface area contributed by atoms with E-state index in [9.17, 15) is 4.79 Å². The molecule has 0 spiro atoms. The number of fused-ring (bicyclic) bond motifs is 1. The Bertz CT molecular complexity index is 991. The maximum Gasteiger partial charge on any atom is 0.292 e. The Morgan fingerprint density at radius 1 is 1.12 bits per heavy atom. The lowest BCUT2D eigenvalue weighted by Gasteiger charge is -2.02. The van der Waals surface area contributed by atoms with Crippen molar-refractivity contribution in [1.82, 2.24) is 9.97 Å². The van der Waals surface area contributed by atoms with Crippen LogP contribution in [0.5, 0.6) is 0 Å². The number of halogens is 1. The molecule has 0 saturated heterocycles. The molecule has 5 nitrogen and oxygen atoms in total. The molecule has 0 bridgehead atoms. The summed E-state index contributed by atoms with van der Waals surface area (Å²) in [6.45, 7) is 0. The van der Waals surface area contributed by atoms with Gasteiger partial charge in [0.2, 0.25) is 0 Å². The lowest BCUT2D eigenvalue weighted by molar-refractivity contribution is 0.0995. The third-order valence-corrected chi connectivity index (χ3v) is 4.85. The van der Waals surface area contributed by atoms with E-state index in [1.807, 2.05) is 30.3 Å². The molecule has 0 aliphatic rings. The highest BCUT2D eigenvalue weighted by atomic mass is 79.9. The second-order valence-electron chi connectivity index (χ2n) is 4.98. The number of nitrogens with one attached hydrogen (secondary N) is 1. The summed E-state index contributed by atoms with van der Waals surface area (Å²) < 4.78 is 6.85. The van der Waals surface area contributed by atoms with Crippen LogP contribution in [0.3, 0.4) is 0 Å². The summed E-state index contributed by atoms with van der Waals surface area (Å²) in [5, 5.41) is 3.59. The van der Waals surface area contributed by atoms with Crippen molar-refractivity contribution in [3.8, 4) is 10.6 Å². The first kappa shape index (κ1) is 15.0. The molecule has 4 aromatic rings. The van der Waals surface area contributed by atoms with Crippen LogP contribution in [0.15, 0.2) is 63.8 Å². The molecule has 24 heavy (non-hydrogen) atoms. The number of carbonyl (C=O) groups excluding carboxylic acids is 1. The molecular formula is C17H10BrN3O2S. The van der Waals surface area contributed by atoms with Crippen molar-refractivity contribution >= 4 is 49.2 Å². The van der Waals surface area contributed by atoms with E-state index in [4.69, 9.17) is 4.42 Å². The Kier molecular flexibility index (Phi) is 3.87. The van der Waals surface area contributed by atoms with E-state index in [1.165, 1.54) is 0 Å². The standard InChI is InChI=1S/C17H10BrN3O2S/c18-14-7-6-12(23-14)16(22)21-15-8-5-10(9-19-15)17-20-11-3-1-2-4-13(11)24-17/h1-9H,(H,19,21,22). The predicted octanol–water partition coefficient (Wildman–Crippen LogP) is 4.97. The fourth-order valence-electron chi connectivity index (χ4n) is 2.20. The largest absolute Gasteiger partial charge is 0.444 e. The summed E-state index contributed by atoms with van der Waals surface area (Å²) in [5.41, 5.74) is 1.88.